The first-order valence-corrected chi connectivity index (χ1v) is 7.33. The molecule has 1 aromatic heterocycles. The van der Waals surface area contributed by atoms with Gasteiger partial charge in [-0.2, -0.15) is 0 Å². The summed E-state index contributed by atoms with van der Waals surface area (Å²) in [6.07, 6.45) is 0.596. The van der Waals surface area contributed by atoms with Crippen molar-refractivity contribution in [1.29, 1.82) is 0 Å². The molecule has 1 atom stereocenters. The van der Waals surface area contributed by atoms with Gasteiger partial charge in [0, 0.05) is 50.3 Å². The predicted molar refractivity (Wildman–Crippen MR) is 81.3 cm³/mol. The molecule has 1 aliphatic heterocycles. The standard InChI is InChI=1S/C15H24N4O2/c1-10-11(2)17-12(3)18-15(10)16-8-13-7-14(20)19(9-13)5-6-21-4/h13H,5-9H2,1-4H3,(H,16,17,18). The molecule has 0 spiro atoms. The van der Waals surface area contributed by atoms with Crippen LogP contribution in [0.25, 0.3) is 0 Å². The van der Waals surface area contributed by atoms with Crippen molar-refractivity contribution in [2.24, 2.45) is 5.92 Å². The Balaban J connectivity index is 1.91. The van der Waals surface area contributed by atoms with Crippen LogP contribution in [-0.4, -0.2) is 54.1 Å². The van der Waals surface area contributed by atoms with Crippen molar-refractivity contribution in [1.82, 2.24) is 14.9 Å². The molecule has 1 amide bonds. The maximum absolute atomic E-state index is 11.9. The van der Waals surface area contributed by atoms with Gasteiger partial charge in [-0.25, -0.2) is 9.97 Å². The first kappa shape index (κ1) is 15.7. The van der Waals surface area contributed by atoms with Crippen LogP contribution in [0.1, 0.15) is 23.5 Å². The van der Waals surface area contributed by atoms with Gasteiger partial charge in [-0.1, -0.05) is 0 Å². The molecule has 1 aromatic rings. The summed E-state index contributed by atoms with van der Waals surface area (Å²) < 4.78 is 5.03. The number of rotatable bonds is 6. The smallest absolute Gasteiger partial charge is 0.223 e. The Morgan fingerprint density at radius 1 is 1.33 bits per heavy atom. The Labute approximate surface area is 125 Å². The van der Waals surface area contributed by atoms with E-state index in [0.717, 1.165) is 36.0 Å². The van der Waals surface area contributed by atoms with Gasteiger partial charge in [-0.3, -0.25) is 4.79 Å². The van der Waals surface area contributed by atoms with E-state index in [1.165, 1.54) is 0 Å². The minimum Gasteiger partial charge on any atom is -0.383 e. The van der Waals surface area contributed by atoms with Crippen LogP contribution >= 0.6 is 0 Å². The number of aryl methyl sites for hydroxylation is 2. The number of carbonyl (C=O) groups is 1. The Kier molecular flexibility index (Phi) is 5.12. The Bertz CT molecular complexity index is 519. The number of nitrogens with zero attached hydrogens (tertiary/aromatic N) is 3. The minimum absolute atomic E-state index is 0.214. The molecule has 1 fully saturated rings. The van der Waals surface area contributed by atoms with Gasteiger partial charge in [-0.15, -0.1) is 0 Å². The fraction of sp³-hybridized carbons (Fsp3) is 0.667. The first-order valence-electron chi connectivity index (χ1n) is 7.33. The van der Waals surface area contributed by atoms with Gasteiger partial charge in [0.05, 0.1) is 6.61 Å². The van der Waals surface area contributed by atoms with Crippen LogP contribution < -0.4 is 5.32 Å². The van der Waals surface area contributed by atoms with Gasteiger partial charge in [0.2, 0.25) is 5.91 Å². The summed E-state index contributed by atoms with van der Waals surface area (Å²) in [4.78, 5) is 22.6. The molecule has 6 nitrogen and oxygen atoms in total. The number of methoxy groups -OCH3 is 1. The van der Waals surface area contributed by atoms with E-state index in [9.17, 15) is 4.79 Å². The zero-order valence-electron chi connectivity index (χ0n) is 13.3. The quantitative estimate of drug-likeness (QED) is 0.856. The summed E-state index contributed by atoms with van der Waals surface area (Å²) in [6.45, 7) is 8.71. The monoisotopic (exact) mass is 292 g/mol. The first-order chi connectivity index (χ1) is 10.0. The molecule has 116 valence electrons. The van der Waals surface area contributed by atoms with E-state index < -0.39 is 0 Å². The second-order valence-corrected chi connectivity index (χ2v) is 5.61. The molecule has 1 unspecified atom stereocenters. The van der Waals surface area contributed by atoms with E-state index in [4.69, 9.17) is 4.74 Å². The van der Waals surface area contributed by atoms with Crippen LogP contribution in [0, 0.1) is 26.7 Å². The highest BCUT2D eigenvalue weighted by Gasteiger charge is 2.29. The summed E-state index contributed by atoms with van der Waals surface area (Å²) in [5.41, 5.74) is 2.07. The van der Waals surface area contributed by atoms with Crippen LogP contribution in [0.5, 0.6) is 0 Å². The van der Waals surface area contributed by atoms with Crippen molar-refractivity contribution < 1.29 is 9.53 Å². The highest BCUT2D eigenvalue weighted by Crippen LogP contribution is 2.20. The number of hydrogen-bond donors (Lipinski definition) is 1. The molecular formula is C15H24N4O2. The molecule has 0 aromatic carbocycles. The molecule has 1 aliphatic rings. The number of likely N-dealkylation sites (tertiary alicyclic amines) is 1. The molecule has 0 bridgehead atoms. The summed E-state index contributed by atoms with van der Waals surface area (Å²) in [6, 6.07) is 0. The van der Waals surface area contributed by atoms with Gasteiger partial charge in [0.25, 0.3) is 0 Å². The number of aromatic nitrogens is 2. The topological polar surface area (TPSA) is 67.3 Å². The molecule has 2 heterocycles. The number of ether oxygens (including phenoxy) is 1. The highest BCUT2D eigenvalue weighted by molar-refractivity contribution is 5.78. The van der Waals surface area contributed by atoms with Crippen molar-refractivity contribution in [3.63, 3.8) is 0 Å². The number of amides is 1. The predicted octanol–water partition coefficient (Wildman–Crippen LogP) is 1.31. The van der Waals surface area contributed by atoms with Crippen molar-refractivity contribution in [3.8, 4) is 0 Å². The van der Waals surface area contributed by atoms with Gasteiger partial charge in [0.15, 0.2) is 0 Å². The van der Waals surface area contributed by atoms with Gasteiger partial charge >= 0.3 is 0 Å². The van der Waals surface area contributed by atoms with Crippen LogP contribution in [0.2, 0.25) is 0 Å². The van der Waals surface area contributed by atoms with Crippen LogP contribution in [-0.2, 0) is 9.53 Å². The molecule has 2 rings (SSSR count). The SMILES string of the molecule is COCCN1CC(CNc2nc(C)nc(C)c2C)CC1=O. The van der Waals surface area contributed by atoms with E-state index >= 15 is 0 Å². The van der Waals surface area contributed by atoms with Crippen molar-refractivity contribution in [2.75, 3.05) is 38.7 Å². The number of carbonyl (C=O) groups excluding carboxylic acids is 1. The van der Waals surface area contributed by atoms with E-state index in [1.807, 2.05) is 25.7 Å². The summed E-state index contributed by atoms with van der Waals surface area (Å²) in [7, 11) is 1.65. The number of anilines is 1. The average molecular weight is 292 g/mol. The van der Waals surface area contributed by atoms with Crippen molar-refractivity contribution in [2.45, 2.75) is 27.2 Å². The van der Waals surface area contributed by atoms with Gasteiger partial charge in [0.1, 0.15) is 11.6 Å². The lowest BCUT2D eigenvalue weighted by molar-refractivity contribution is -0.128. The summed E-state index contributed by atoms with van der Waals surface area (Å²) in [5.74, 6) is 2.18. The van der Waals surface area contributed by atoms with Crippen molar-refractivity contribution in [3.05, 3.63) is 17.1 Å². The van der Waals surface area contributed by atoms with Crippen molar-refractivity contribution >= 4 is 11.7 Å². The van der Waals surface area contributed by atoms with E-state index in [0.29, 0.717) is 25.5 Å². The van der Waals surface area contributed by atoms with Crippen LogP contribution in [0.3, 0.4) is 0 Å². The fourth-order valence-corrected chi connectivity index (χ4v) is 2.59. The second-order valence-electron chi connectivity index (χ2n) is 5.61. The fourth-order valence-electron chi connectivity index (χ4n) is 2.59. The van der Waals surface area contributed by atoms with E-state index in [-0.39, 0.29) is 5.91 Å². The third-order valence-corrected chi connectivity index (χ3v) is 3.92. The van der Waals surface area contributed by atoms with Gasteiger partial charge in [-0.05, 0) is 20.8 Å². The Morgan fingerprint density at radius 2 is 2.10 bits per heavy atom. The highest BCUT2D eigenvalue weighted by atomic mass is 16.5. The zero-order chi connectivity index (χ0) is 15.4. The Hall–Kier alpha value is -1.69. The zero-order valence-corrected chi connectivity index (χ0v) is 13.3. The maximum atomic E-state index is 11.9. The van der Waals surface area contributed by atoms with Gasteiger partial charge < -0.3 is 15.0 Å². The molecule has 6 heteroatoms. The molecule has 0 aliphatic carbocycles. The van der Waals surface area contributed by atoms with Crippen LogP contribution in [0.15, 0.2) is 0 Å². The molecule has 0 saturated carbocycles. The second kappa shape index (κ2) is 6.85. The number of hydrogen-bond acceptors (Lipinski definition) is 5. The van der Waals surface area contributed by atoms with E-state index in [1.54, 1.807) is 7.11 Å². The largest absolute Gasteiger partial charge is 0.383 e. The lowest BCUT2D eigenvalue weighted by Gasteiger charge is -2.17. The molecule has 1 N–H and O–H groups in total. The average Bonchev–Trinajstić information content (AvgIpc) is 2.79. The third-order valence-electron chi connectivity index (χ3n) is 3.92. The lowest BCUT2D eigenvalue weighted by Crippen LogP contribution is -2.29. The van der Waals surface area contributed by atoms with E-state index in [2.05, 4.69) is 15.3 Å². The molecule has 1 saturated heterocycles. The normalized spacial score (nSPS) is 18.4. The Morgan fingerprint density at radius 3 is 2.81 bits per heavy atom. The third kappa shape index (κ3) is 3.91. The number of nitrogens with one attached hydrogen (secondary N) is 1. The lowest BCUT2D eigenvalue weighted by atomic mass is 10.1. The summed E-state index contributed by atoms with van der Waals surface area (Å²) in [5, 5.41) is 3.37. The minimum atomic E-state index is 0.214. The maximum Gasteiger partial charge on any atom is 0.223 e. The molecule has 21 heavy (non-hydrogen) atoms. The molecular weight excluding hydrogens is 268 g/mol. The van der Waals surface area contributed by atoms with Crippen LogP contribution in [0.4, 0.5) is 5.82 Å². The summed E-state index contributed by atoms with van der Waals surface area (Å²) >= 11 is 0. The molecule has 0 radical (unpaired) electrons.